The fourth-order valence-corrected chi connectivity index (χ4v) is 1.58. The van der Waals surface area contributed by atoms with E-state index in [0.717, 1.165) is 19.6 Å². The van der Waals surface area contributed by atoms with Gasteiger partial charge >= 0.3 is 0 Å². The van der Waals surface area contributed by atoms with Crippen molar-refractivity contribution in [1.29, 1.82) is 5.41 Å². The first kappa shape index (κ1) is 14.6. The van der Waals surface area contributed by atoms with Crippen molar-refractivity contribution in [3.63, 3.8) is 0 Å². The van der Waals surface area contributed by atoms with Gasteiger partial charge in [0.15, 0.2) is 0 Å². The van der Waals surface area contributed by atoms with Crippen LogP contribution >= 0.6 is 0 Å². The molecular formula is C13H27NO. The summed E-state index contributed by atoms with van der Waals surface area (Å²) in [6.07, 6.45) is 13.0. The second kappa shape index (κ2) is 13.6. The lowest BCUT2D eigenvalue weighted by Gasteiger charge is -2.02. The number of hydrogen-bond donors (Lipinski definition) is 1. The van der Waals surface area contributed by atoms with Gasteiger partial charge in [-0.2, -0.15) is 0 Å². The first-order chi connectivity index (χ1) is 7.41. The molecule has 0 aliphatic carbocycles. The van der Waals surface area contributed by atoms with Gasteiger partial charge in [-0.05, 0) is 12.6 Å². The summed E-state index contributed by atoms with van der Waals surface area (Å²) in [6, 6.07) is 0. The van der Waals surface area contributed by atoms with Gasteiger partial charge in [0.05, 0.1) is 6.61 Å². The quantitative estimate of drug-likeness (QED) is 0.383. The molecule has 0 amide bonds. The van der Waals surface area contributed by atoms with Crippen LogP contribution in [0.1, 0.15) is 64.7 Å². The monoisotopic (exact) mass is 213 g/mol. The molecule has 0 saturated heterocycles. The minimum atomic E-state index is 0.722. The number of nitrogens with one attached hydrogen (secondary N) is 1. The maximum absolute atomic E-state index is 6.82. The van der Waals surface area contributed by atoms with E-state index in [1.165, 1.54) is 57.6 Å². The zero-order chi connectivity index (χ0) is 11.2. The fourth-order valence-electron chi connectivity index (χ4n) is 1.58. The molecule has 1 N–H and O–H groups in total. The van der Waals surface area contributed by atoms with Crippen molar-refractivity contribution < 1.29 is 4.74 Å². The lowest BCUT2D eigenvalue weighted by atomic mass is 10.1. The van der Waals surface area contributed by atoms with Crippen molar-refractivity contribution >= 4 is 6.21 Å². The zero-order valence-electron chi connectivity index (χ0n) is 10.3. The Morgan fingerprint density at radius 3 is 2.07 bits per heavy atom. The molecule has 0 unspecified atom stereocenters. The number of unbranched alkanes of at least 4 members (excludes halogenated alkanes) is 7. The van der Waals surface area contributed by atoms with E-state index in [4.69, 9.17) is 10.1 Å². The van der Waals surface area contributed by atoms with Crippen LogP contribution in [0.3, 0.4) is 0 Å². The Kier molecular flexibility index (Phi) is 13.3. The van der Waals surface area contributed by atoms with Gasteiger partial charge in [0, 0.05) is 13.0 Å². The van der Waals surface area contributed by atoms with Crippen LogP contribution in [0.15, 0.2) is 0 Å². The van der Waals surface area contributed by atoms with E-state index >= 15 is 0 Å². The molecule has 0 atom stereocenters. The van der Waals surface area contributed by atoms with Crippen LogP contribution in [0.25, 0.3) is 0 Å². The summed E-state index contributed by atoms with van der Waals surface area (Å²) in [4.78, 5) is 0. The molecule has 0 saturated carbocycles. The van der Waals surface area contributed by atoms with Gasteiger partial charge in [0.1, 0.15) is 0 Å². The Morgan fingerprint density at radius 1 is 0.867 bits per heavy atom. The largest absolute Gasteiger partial charge is 0.381 e. The Balaban J connectivity index is 2.83. The van der Waals surface area contributed by atoms with E-state index in [1.54, 1.807) is 0 Å². The van der Waals surface area contributed by atoms with Crippen LogP contribution < -0.4 is 0 Å². The van der Waals surface area contributed by atoms with E-state index in [2.05, 4.69) is 6.92 Å². The van der Waals surface area contributed by atoms with Crippen LogP contribution in [-0.4, -0.2) is 19.4 Å². The number of hydrogen-bond acceptors (Lipinski definition) is 2. The molecule has 0 spiro atoms. The smallest absolute Gasteiger partial charge is 0.0515 e. The van der Waals surface area contributed by atoms with Crippen molar-refractivity contribution in [2.75, 3.05) is 13.2 Å². The summed E-state index contributed by atoms with van der Waals surface area (Å²) in [7, 11) is 0. The van der Waals surface area contributed by atoms with Crippen LogP contribution in [0, 0.1) is 5.41 Å². The Hall–Kier alpha value is -0.370. The van der Waals surface area contributed by atoms with Crippen LogP contribution in [0.2, 0.25) is 0 Å². The standard InChI is InChI=1S/C13H27NO/c1-2-3-4-5-6-7-8-9-12-15-13-10-11-14/h11,14H,2-10,12-13H2,1H3. The first-order valence-corrected chi connectivity index (χ1v) is 6.48. The molecule has 2 heteroatoms. The molecule has 0 aromatic heterocycles. The van der Waals surface area contributed by atoms with Crippen molar-refractivity contribution in [2.24, 2.45) is 0 Å². The second-order valence-corrected chi connectivity index (χ2v) is 4.08. The summed E-state index contributed by atoms with van der Waals surface area (Å²) >= 11 is 0. The fraction of sp³-hybridized carbons (Fsp3) is 0.923. The summed E-state index contributed by atoms with van der Waals surface area (Å²) < 4.78 is 5.37. The summed E-state index contributed by atoms with van der Waals surface area (Å²) in [5, 5.41) is 6.82. The molecule has 15 heavy (non-hydrogen) atoms. The molecule has 90 valence electrons. The first-order valence-electron chi connectivity index (χ1n) is 6.48. The topological polar surface area (TPSA) is 33.1 Å². The van der Waals surface area contributed by atoms with Crippen molar-refractivity contribution in [3.8, 4) is 0 Å². The third kappa shape index (κ3) is 13.6. The van der Waals surface area contributed by atoms with E-state index in [1.807, 2.05) is 0 Å². The third-order valence-corrected chi connectivity index (χ3v) is 2.55. The normalized spacial score (nSPS) is 10.5. The maximum Gasteiger partial charge on any atom is 0.0515 e. The molecule has 0 fully saturated rings. The van der Waals surface area contributed by atoms with Crippen molar-refractivity contribution in [2.45, 2.75) is 64.7 Å². The van der Waals surface area contributed by atoms with E-state index < -0.39 is 0 Å². The molecule has 0 radical (unpaired) electrons. The SMILES string of the molecule is CCCCCCCCCCOCCC=N. The van der Waals surface area contributed by atoms with Gasteiger partial charge in [-0.3, -0.25) is 0 Å². The van der Waals surface area contributed by atoms with Crippen LogP contribution in [0.5, 0.6) is 0 Å². The van der Waals surface area contributed by atoms with E-state index in [9.17, 15) is 0 Å². The average molecular weight is 213 g/mol. The third-order valence-electron chi connectivity index (χ3n) is 2.55. The highest BCUT2D eigenvalue weighted by Gasteiger charge is 1.91. The minimum absolute atomic E-state index is 0.722. The Morgan fingerprint density at radius 2 is 1.47 bits per heavy atom. The summed E-state index contributed by atoms with van der Waals surface area (Å²) in [6.45, 7) is 3.86. The van der Waals surface area contributed by atoms with Crippen LogP contribution in [0.4, 0.5) is 0 Å². The lowest BCUT2D eigenvalue weighted by molar-refractivity contribution is 0.137. The molecule has 2 nitrogen and oxygen atoms in total. The van der Waals surface area contributed by atoms with E-state index in [0.29, 0.717) is 0 Å². The predicted molar refractivity (Wildman–Crippen MR) is 66.8 cm³/mol. The summed E-state index contributed by atoms with van der Waals surface area (Å²) in [5.74, 6) is 0. The second-order valence-electron chi connectivity index (χ2n) is 4.08. The van der Waals surface area contributed by atoms with Crippen molar-refractivity contribution in [3.05, 3.63) is 0 Å². The van der Waals surface area contributed by atoms with Gasteiger partial charge in [0.2, 0.25) is 0 Å². The molecule has 0 heterocycles. The summed E-state index contributed by atoms with van der Waals surface area (Å²) in [5.41, 5.74) is 0. The molecule has 0 bridgehead atoms. The zero-order valence-corrected chi connectivity index (χ0v) is 10.3. The molecule has 0 aromatic carbocycles. The van der Waals surface area contributed by atoms with Gasteiger partial charge in [-0.25, -0.2) is 0 Å². The molecule has 0 aliphatic heterocycles. The number of ether oxygens (including phenoxy) is 1. The average Bonchev–Trinajstić information content (AvgIpc) is 2.26. The predicted octanol–water partition coefficient (Wildman–Crippen LogP) is 4.18. The van der Waals surface area contributed by atoms with Gasteiger partial charge in [-0.1, -0.05) is 51.9 Å². The minimum Gasteiger partial charge on any atom is -0.381 e. The van der Waals surface area contributed by atoms with Gasteiger partial charge in [0.25, 0.3) is 0 Å². The van der Waals surface area contributed by atoms with E-state index in [-0.39, 0.29) is 0 Å². The van der Waals surface area contributed by atoms with Crippen molar-refractivity contribution in [1.82, 2.24) is 0 Å². The molecule has 0 aromatic rings. The Labute approximate surface area is 94.9 Å². The number of rotatable bonds is 12. The maximum atomic E-state index is 6.82. The molecule has 0 rings (SSSR count). The highest BCUT2D eigenvalue weighted by molar-refractivity contribution is 5.52. The Bertz CT molecular complexity index is 126. The lowest BCUT2D eigenvalue weighted by Crippen LogP contribution is -1.97. The highest BCUT2D eigenvalue weighted by atomic mass is 16.5. The molecular weight excluding hydrogens is 186 g/mol. The highest BCUT2D eigenvalue weighted by Crippen LogP contribution is 2.08. The molecule has 0 aliphatic rings. The van der Waals surface area contributed by atoms with Gasteiger partial charge < -0.3 is 10.1 Å². The van der Waals surface area contributed by atoms with Gasteiger partial charge in [-0.15, -0.1) is 0 Å². The van der Waals surface area contributed by atoms with Crippen LogP contribution in [-0.2, 0) is 4.74 Å².